The smallest absolute Gasteiger partial charge is 0.366 e. The van der Waals surface area contributed by atoms with Crippen molar-refractivity contribution >= 4 is 21.8 Å². The van der Waals surface area contributed by atoms with Gasteiger partial charge >= 0.3 is 6.18 Å². The number of amides is 2. The lowest BCUT2D eigenvalue weighted by atomic mass is 10.0. The summed E-state index contributed by atoms with van der Waals surface area (Å²) in [5.74, 6) is -1.09. The maximum atomic E-state index is 13.4. The van der Waals surface area contributed by atoms with Crippen LogP contribution in [0, 0.1) is 0 Å². The monoisotopic (exact) mass is 495 g/mol. The van der Waals surface area contributed by atoms with Crippen molar-refractivity contribution in [3.05, 3.63) is 65.2 Å². The molecule has 11 heteroatoms. The van der Waals surface area contributed by atoms with Crippen molar-refractivity contribution in [1.29, 1.82) is 0 Å². The van der Waals surface area contributed by atoms with Crippen molar-refractivity contribution in [3.8, 4) is 0 Å². The van der Waals surface area contributed by atoms with Gasteiger partial charge < -0.3 is 10.6 Å². The number of likely N-dealkylation sites (tertiary alicyclic amines) is 1. The van der Waals surface area contributed by atoms with Crippen LogP contribution in [0.5, 0.6) is 0 Å². The maximum Gasteiger partial charge on any atom is 0.416 e. The minimum atomic E-state index is -4.65. The molecule has 1 saturated heterocycles. The van der Waals surface area contributed by atoms with Crippen molar-refractivity contribution in [2.45, 2.75) is 48.8 Å². The van der Waals surface area contributed by atoms with Crippen LogP contribution in [0.25, 0.3) is 0 Å². The summed E-state index contributed by atoms with van der Waals surface area (Å²) < 4.78 is 67.5. The second-order valence-corrected chi connectivity index (χ2v) is 10.4. The van der Waals surface area contributed by atoms with Gasteiger partial charge in [-0.2, -0.15) is 17.5 Å². The van der Waals surface area contributed by atoms with E-state index in [4.69, 9.17) is 5.73 Å². The van der Waals surface area contributed by atoms with Crippen LogP contribution in [0.4, 0.5) is 13.2 Å². The normalized spacial score (nSPS) is 17.7. The molecule has 34 heavy (non-hydrogen) atoms. The topological polar surface area (TPSA) is 101 Å². The number of nitrogens with zero attached hydrogens (tertiary/aromatic N) is 2. The number of hydrogen-bond donors (Lipinski definition) is 1. The van der Waals surface area contributed by atoms with Crippen LogP contribution in [0.15, 0.2) is 53.4 Å². The largest absolute Gasteiger partial charge is 0.416 e. The van der Waals surface area contributed by atoms with Gasteiger partial charge in [0.05, 0.1) is 21.6 Å². The first-order valence-corrected chi connectivity index (χ1v) is 12.3. The van der Waals surface area contributed by atoms with Crippen LogP contribution in [0.2, 0.25) is 0 Å². The number of nitrogens with two attached hydrogens (primary N) is 1. The number of piperidine rings is 1. The highest BCUT2D eigenvalue weighted by atomic mass is 32.2. The fourth-order valence-corrected chi connectivity index (χ4v) is 6.33. The van der Waals surface area contributed by atoms with Gasteiger partial charge in [0.15, 0.2) is 0 Å². The summed E-state index contributed by atoms with van der Waals surface area (Å²) in [5, 5.41) is 0. The quantitative estimate of drug-likeness (QED) is 0.665. The predicted octanol–water partition coefficient (Wildman–Crippen LogP) is 3.26. The van der Waals surface area contributed by atoms with Gasteiger partial charge in [0.25, 0.3) is 5.91 Å². The molecule has 7 nitrogen and oxygen atoms in total. The third-order valence-electron chi connectivity index (χ3n) is 6.18. The Labute approximate surface area is 195 Å². The molecule has 1 aliphatic heterocycles. The molecule has 0 bridgehead atoms. The number of benzene rings is 2. The van der Waals surface area contributed by atoms with E-state index in [0.29, 0.717) is 31.7 Å². The van der Waals surface area contributed by atoms with Gasteiger partial charge in [-0.05, 0) is 56.0 Å². The van der Waals surface area contributed by atoms with Gasteiger partial charge in [0.1, 0.15) is 0 Å². The summed E-state index contributed by atoms with van der Waals surface area (Å²) >= 11 is 0. The zero-order valence-electron chi connectivity index (χ0n) is 18.2. The fourth-order valence-electron chi connectivity index (χ4n) is 4.35. The molecule has 0 spiro atoms. The van der Waals surface area contributed by atoms with Crippen molar-refractivity contribution in [2.24, 2.45) is 5.73 Å². The van der Waals surface area contributed by atoms with E-state index >= 15 is 0 Å². The fraction of sp³-hybridized carbons (Fsp3) is 0.391. The number of carbonyl (C=O) groups is 2. The number of sulfonamides is 1. The molecule has 1 heterocycles. The van der Waals surface area contributed by atoms with Gasteiger partial charge in [0.2, 0.25) is 15.9 Å². The van der Waals surface area contributed by atoms with Crippen LogP contribution in [-0.4, -0.2) is 54.6 Å². The molecule has 1 saturated carbocycles. The van der Waals surface area contributed by atoms with E-state index in [9.17, 15) is 31.2 Å². The highest BCUT2D eigenvalue weighted by Crippen LogP contribution is 2.38. The molecule has 0 aromatic heterocycles. The minimum absolute atomic E-state index is 0.112. The van der Waals surface area contributed by atoms with Crippen LogP contribution in [0.1, 0.15) is 52.0 Å². The van der Waals surface area contributed by atoms with E-state index in [1.165, 1.54) is 22.5 Å². The second-order valence-electron chi connectivity index (χ2n) is 8.52. The van der Waals surface area contributed by atoms with Crippen molar-refractivity contribution < 1.29 is 31.2 Å². The van der Waals surface area contributed by atoms with Gasteiger partial charge in [-0.15, -0.1) is 0 Å². The molecular weight excluding hydrogens is 471 g/mol. The number of carbonyl (C=O) groups excluding carboxylic acids is 2. The Morgan fingerprint density at radius 1 is 0.912 bits per heavy atom. The molecule has 2 amide bonds. The van der Waals surface area contributed by atoms with E-state index in [-0.39, 0.29) is 41.1 Å². The molecule has 2 aliphatic rings. The van der Waals surface area contributed by atoms with Crippen LogP contribution < -0.4 is 5.73 Å². The third-order valence-corrected chi connectivity index (χ3v) is 8.18. The van der Waals surface area contributed by atoms with Crippen LogP contribution in [-0.2, 0) is 16.2 Å². The zero-order chi connectivity index (χ0) is 24.7. The average Bonchev–Trinajstić information content (AvgIpc) is 3.63. The van der Waals surface area contributed by atoms with E-state index in [1.54, 1.807) is 17.0 Å². The minimum Gasteiger partial charge on any atom is -0.366 e. The summed E-state index contributed by atoms with van der Waals surface area (Å²) in [6, 6.07) is 9.31. The molecule has 1 aliphatic carbocycles. The maximum absolute atomic E-state index is 13.4. The van der Waals surface area contributed by atoms with Gasteiger partial charge in [-0.1, -0.05) is 18.2 Å². The lowest BCUT2D eigenvalue weighted by Gasteiger charge is -2.38. The number of halogens is 3. The molecule has 2 aromatic rings. The van der Waals surface area contributed by atoms with Crippen LogP contribution in [0.3, 0.4) is 0 Å². The summed E-state index contributed by atoms with van der Waals surface area (Å²) in [7, 11) is -4.16. The van der Waals surface area contributed by atoms with Crippen molar-refractivity contribution in [1.82, 2.24) is 9.21 Å². The first-order valence-electron chi connectivity index (χ1n) is 10.9. The Morgan fingerprint density at radius 3 is 2.06 bits per heavy atom. The number of hydrogen-bond acceptors (Lipinski definition) is 4. The van der Waals surface area contributed by atoms with Crippen LogP contribution >= 0.6 is 0 Å². The summed E-state index contributed by atoms with van der Waals surface area (Å²) in [5.41, 5.74) is 4.65. The van der Waals surface area contributed by atoms with E-state index in [1.807, 2.05) is 0 Å². The van der Waals surface area contributed by atoms with E-state index in [2.05, 4.69) is 0 Å². The molecule has 0 radical (unpaired) electrons. The molecule has 182 valence electrons. The van der Waals surface area contributed by atoms with Gasteiger partial charge in [-0.3, -0.25) is 9.59 Å². The standard InChI is InChI=1S/C23H24F3N3O4S/c24-23(25,26)15-4-3-5-18(14-15)34(32,33)29(16-8-9-16)17-10-12-28(13-11-17)22(31)20-7-2-1-6-19(20)21(27)30/h1-7,14,16-17H,8-13H2,(H2,27,30). The van der Waals surface area contributed by atoms with E-state index in [0.717, 1.165) is 12.1 Å². The summed E-state index contributed by atoms with van der Waals surface area (Å²) in [4.78, 5) is 25.8. The molecule has 0 unspecified atom stereocenters. The van der Waals surface area contributed by atoms with Gasteiger partial charge in [-0.25, -0.2) is 8.42 Å². The number of rotatable bonds is 6. The molecule has 2 aromatic carbocycles. The molecule has 0 atom stereocenters. The molecule has 2 N–H and O–H groups in total. The Balaban J connectivity index is 1.53. The highest BCUT2D eigenvalue weighted by Gasteiger charge is 2.44. The van der Waals surface area contributed by atoms with E-state index < -0.39 is 33.7 Å². The lowest BCUT2D eigenvalue weighted by Crippen LogP contribution is -2.49. The summed E-state index contributed by atoms with van der Waals surface area (Å²) in [6.45, 7) is 0.496. The first-order chi connectivity index (χ1) is 16.0. The Hall–Kier alpha value is -2.92. The average molecular weight is 496 g/mol. The predicted molar refractivity (Wildman–Crippen MR) is 117 cm³/mol. The summed E-state index contributed by atoms with van der Waals surface area (Å²) in [6.07, 6.45) is -2.70. The Morgan fingerprint density at radius 2 is 1.50 bits per heavy atom. The molecule has 4 rings (SSSR count). The first kappa shape index (κ1) is 24.2. The highest BCUT2D eigenvalue weighted by molar-refractivity contribution is 7.89. The Kier molecular flexibility index (Phi) is 6.43. The van der Waals surface area contributed by atoms with Gasteiger partial charge in [0, 0.05) is 25.2 Å². The number of primary amides is 1. The molecule has 2 fully saturated rings. The Bertz CT molecular complexity index is 1200. The van der Waals surface area contributed by atoms with Crippen molar-refractivity contribution in [2.75, 3.05) is 13.1 Å². The SMILES string of the molecule is NC(=O)c1ccccc1C(=O)N1CCC(N(C2CC2)S(=O)(=O)c2cccc(C(F)(F)F)c2)CC1. The lowest BCUT2D eigenvalue weighted by molar-refractivity contribution is -0.137. The van der Waals surface area contributed by atoms with Crippen molar-refractivity contribution in [3.63, 3.8) is 0 Å². The zero-order valence-corrected chi connectivity index (χ0v) is 19.0. The third kappa shape index (κ3) is 4.80. The second kappa shape index (κ2) is 9.03. The molecular formula is C23H24F3N3O4S. The number of alkyl halides is 3.